The van der Waals surface area contributed by atoms with Gasteiger partial charge in [0.15, 0.2) is 16.6 Å². The molecule has 0 unspecified atom stereocenters. The second kappa shape index (κ2) is 8.59. The molecule has 0 atom stereocenters. The van der Waals surface area contributed by atoms with Crippen LogP contribution in [0.3, 0.4) is 0 Å². The van der Waals surface area contributed by atoms with Gasteiger partial charge in [-0.15, -0.1) is 6.42 Å². The molecule has 0 radical (unpaired) electrons. The molecule has 1 fully saturated rings. The molecule has 2 aromatic rings. The van der Waals surface area contributed by atoms with E-state index in [2.05, 4.69) is 5.92 Å². The molecule has 1 saturated heterocycles. The van der Waals surface area contributed by atoms with Crippen molar-refractivity contribution in [2.24, 2.45) is 0 Å². The van der Waals surface area contributed by atoms with Gasteiger partial charge in [-0.25, -0.2) is 0 Å². The third-order valence-electron chi connectivity index (χ3n) is 4.16. The minimum absolute atomic E-state index is 0.155. The second-order valence-corrected chi connectivity index (χ2v) is 6.34. The number of nitrogens with zero attached hydrogens (tertiary/aromatic N) is 2. The highest BCUT2D eigenvalue weighted by Crippen LogP contribution is 2.32. The molecule has 0 bridgehead atoms. The van der Waals surface area contributed by atoms with Crippen LogP contribution in [-0.4, -0.2) is 36.2 Å². The standard InChI is InChI=1S/C22H20N2O3S/c1-4-13-27-19-12-11-16(15-20(19)26-5-2)14-18-21(25)24(22(28)23(18)3)17-9-7-6-8-10-17/h1,6-12,14-15H,5,13H2,2-3H3/b18-14-. The van der Waals surface area contributed by atoms with Crippen molar-refractivity contribution >= 4 is 35.0 Å². The largest absolute Gasteiger partial charge is 0.490 e. The minimum Gasteiger partial charge on any atom is -0.490 e. The van der Waals surface area contributed by atoms with Gasteiger partial charge in [-0.3, -0.25) is 9.69 Å². The Labute approximate surface area is 170 Å². The molecule has 142 valence electrons. The number of likely N-dealkylation sites (N-methyl/N-ethyl adjacent to an activating group) is 1. The number of amides is 1. The second-order valence-electron chi connectivity index (χ2n) is 5.98. The van der Waals surface area contributed by atoms with Crippen LogP contribution in [0.4, 0.5) is 5.69 Å². The van der Waals surface area contributed by atoms with E-state index >= 15 is 0 Å². The third kappa shape index (κ3) is 3.85. The summed E-state index contributed by atoms with van der Waals surface area (Å²) in [7, 11) is 1.78. The number of anilines is 1. The van der Waals surface area contributed by atoms with Crippen LogP contribution in [0.1, 0.15) is 12.5 Å². The minimum atomic E-state index is -0.177. The van der Waals surface area contributed by atoms with Crippen LogP contribution < -0.4 is 14.4 Å². The molecule has 0 aromatic heterocycles. The average Bonchev–Trinajstić information content (AvgIpc) is 2.91. The number of ether oxygens (including phenoxy) is 2. The summed E-state index contributed by atoms with van der Waals surface area (Å²) < 4.78 is 11.2. The molecule has 28 heavy (non-hydrogen) atoms. The first kappa shape index (κ1) is 19.5. The Hall–Kier alpha value is -3.30. The molecule has 0 spiro atoms. The number of thiocarbonyl (C=S) groups is 1. The molecule has 6 heteroatoms. The first-order chi connectivity index (χ1) is 13.6. The number of hydrogen-bond donors (Lipinski definition) is 0. The van der Waals surface area contributed by atoms with Crippen molar-refractivity contribution in [3.05, 3.63) is 59.8 Å². The Kier molecular flexibility index (Phi) is 5.97. The lowest BCUT2D eigenvalue weighted by Crippen LogP contribution is -2.30. The summed E-state index contributed by atoms with van der Waals surface area (Å²) in [5.41, 5.74) is 2.01. The summed E-state index contributed by atoms with van der Waals surface area (Å²) in [5.74, 6) is 3.39. The Morgan fingerprint density at radius 1 is 1.14 bits per heavy atom. The summed E-state index contributed by atoms with van der Waals surface area (Å²) in [6.07, 6.45) is 7.04. The average molecular weight is 392 g/mol. The number of terminal acetylenes is 1. The van der Waals surface area contributed by atoms with Gasteiger partial charge < -0.3 is 14.4 Å². The SMILES string of the molecule is C#CCOc1ccc(/C=C2/C(=O)N(c3ccccc3)C(=S)N2C)cc1OCC. The molecular weight excluding hydrogens is 372 g/mol. The van der Waals surface area contributed by atoms with Crippen LogP contribution in [0.25, 0.3) is 6.08 Å². The normalized spacial score (nSPS) is 15.1. The van der Waals surface area contributed by atoms with E-state index in [0.29, 0.717) is 28.9 Å². The molecule has 0 aliphatic carbocycles. The summed E-state index contributed by atoms with van der Waals surface area (Å²) in [5, 5.41) is 0.432. The lowest BCUT2D eigenvalue weighted by Gasteiger charge is -2.16. The number of rotatable bonds is 6. The number of carbonyl (C=O) groups excluding carboxylic acids is 1. The van der Waals surface area contributed by atoms with E-state index in [0.717, 1.165) is 11.3 Å². The van der Waals surface area contributed by atoms with Gasteiger partial charge in [0.25, 0.3) is 5.91 Å². The van der Waals surface area contributed by atoms with Crippen molar-refractivity contribution in [2.75, 3.05) is 25.2 Å². The number of carbonyl (C=O) groups is 1. The quantitative estimate of drug-likeness (QED) is 0.426. The van der Waals surface area contributed by atoms with E-state index in [9.17, 15) is 4.79 Å². The predicted molar refractivity (Wildman–Crippen MR) is 114 cm³/mol. The smallest absolute Gasteiger partial charge is 0.281 e. The van der Waals surface area contributed by atoms with Gasteiger partial charge in [-0.2, -0.15) is 0 Å². The number of para-hydroxylation sites is 1. The van der Waals surface area contributed by atoms with E-state index in [1.807, 2.05) is 49.4 Å². The summed E-state index contributed by atoms with van der Waals surface area (Å²) >= 11 is 5.48. The molecule has 0 N–H and O–H groups in total. The van der Waals surface area contributed by atoms with Gasteiger partial charge >= 0.3 is 0 Å². The monoisotopic (exact) mass is 392 g/mol. The van der Waals surface area contributed by atoms with Crippen molar-refractivity contribution in [1.82, 2.24) is 4.90 Å². The predicted octanol–water partition coefficient (Wildman–Crippen LogP) is 3.70. The summed E-state index contributed by atoms with van der Waals surface area (Å²) in [6, 6.07) is 14.8. The lowest BCUT2D eigenvalue weighted by atomic mass is 10.1. The third-order valence-corrected chi connectivity index (χ3v) is 4.61. The maximum absolute atomic E-state index is 13.0. The van der Waals surface area contributed by atoms with E-state index in [1.54, 1.807) is 24.1 Å². The summed E-state index contributed by atoms with van der Waals surface area (Å²) in [6.45, 7) is 2.53. The van der Waals surface area contributed by atoms with Gasteiger partial charge in [0.05, 0.1) is 12.3 Å². The molecule has 2 aromatic carbocycles. The first-order valence-electron chi connectivity index (χ1n) is 8.78. The van der Waals surface area contributed by atoms with Gasteiger partial charge in [-0.1, -0.05) is 30.2 Å². The van der Waals surface area contributed by atoms with Gasteiger partial charge in [0.1, 0.15) is 12.3 Å². The van der Waals surface area contributed by atoms with Crippen LogP contribution in [-0.2, 0) is 4.79 Å². The van der Waals surface area contributed by atoms with Crippen LogP contribution in [0.15, 0.2) is 54.2 Å². The Morgan fingerprint density at radius 2 is 1.89 bits per heavy atom. The lowest BCUT2D eigenvalue weighted by molar-refractivity contribution is -0.114. The zero-order valence-corrected chi connectivity index (χ0v) is 16.5. The van der Waals surface area contributed by atoms with Crippen molar-refractivity contribution < 1.29 is 14.3 Å². The van der Waals surface area contributed by atoms with Crippen LogP contribution in [0, 0.1) is 12.3 Å². The zero-order chi connectivity index (χ0) is 20.1. The van der Waals surface area contributed by atoms with Crippen LogP contribution in [0.2, 0.25) is 0 Å². The number of benzene rings is 2. The topological polar surface area (TPSA) is 42.0 Å². The van der Waals surface area contributed by atoms with Gasteiger partial charge in [0.2, 0.25) is 0 Å². The van der Waals surface area contributed by atoms with Crippen LogP contribution >= 0.6 is 12.2 Å². The Balaban J connectivity index is 1.94. The van der Waals surface area contributed by atoms with Crippen molar-refractivity contribution in [3.63, 3.8) is 0 Å². The Bertz CT molecular complexity index is 963. The highest BCUT2D eigenvalue weighted by Gasteiger charge is 2.36. The van der Waals surface area contributed by atoms with Crippen molar-refractivity contribution in [1.29, 1.82) is 0 Å². The summed E-state index contributed by atoms with van der Waals surface area (Å²) in [4.78, 5) is 16.2. The van der Waals surface area contributed by atoms with Crippen LogP contribution in [0.5, 0.6) is 11.5 Å². The van der Waals surface area contributed by atoms with E-state index in [-0.39, 0.29) is 12.5 Å². The van der Waals surface area contributed by atoms with Crippen molar-refractivity contribution in [3.8, 4) is 23.8 Å². The molecule has 1 aliphatic heterocycles. The van der Waals surface area contributed by atoms with E-state index < -0.39 is 0 Å². The van der Waals surface area contributed by atoms with E-state index in [1.165, 1.54) is 4.90 Å². The fourth-order valence-corrected chi connectivity index (χ4v) is 3.13. The highest BCUT2D eigenvalue weighted by molar-refractivity contribution is 7.80. The molecule has 1 amide bonds. The molecular formula is C22H20N2O3S. The Morgan fingerprint density at radius 3 is 2.57 bits per heavy atom. The van der Waals surface area contributed by atoms with E-state index in [4.69, 9.17) is 28.1 Å². The number of hydrogen-bond acceptors (Lipinski definition) is 4. The molecule has 0 saturated carbocycles. The highest BCUT2D eigenvalue weighted by atomic mass is 32.1. The zero-order valence-electron chi connectivity index (χ0n) is 15.7. The maximum atomic E-state index is 13.0. The molecule has 5 nitrogen and oxygen atoms in total. The van der Waals surface area contributed by atoms with Gasteiger partial charge in [-0.05, 0) is 55.0 Å². The fourth-order valence-electron chi connectivity index (χ4n) is 2.84. The maximum Gasteiger partial charge on any atom is 0.281 e. The molecule has 1 aliphatic rings. The first-order valence-corrected chi connectivity index (χ1v) is 9.19. The van der Waals surface area contributed by atoms with Gasteiger partial charge in [0, 0.05) is 7.05 Å². The molecule has 1 heterocycles. The van der Waals surface area contributed by atoms with Crippen molar-refractivity contribution in [2.45, 2.75) is 6.92 Å². The fraction of sp³-hybridized carbons (Fsp3) is 0.182. The molecule has 3 rings (SSSR count).